The lowest BCUT2D eigenvalue weighted by Crippen LogP contribution is -2.12. The number of primary amides is 1. The first-order chi connectivity index (χ1) is 9.60. The minimum Gasteiger partial charge on any atom is -0.381 e. The van der Waals surface area contributed by atoms with E-state index in [0.717, 1.165) is 16.6 Å². The number of nitrogens with two attached hydrogens (primary N) is 1. The maximum absolute atomic E-state index is 13.8. The number of anilines is 1. The van der Waals surface area contributed by atoms with Gasteiger partial charge in [-0.1, -0.05) is 12.1 Å². The van der Waals surface area contributed by atoms with E-state index in [0.29, 0.717) is 12.1 Å². The predicted octanol–water partition coefficient (Wildman–Crippen LogP) is 3.26. The first-order valence-corrected chi connectivity index (χ1v) is 7.29. The van der Waals surface area contributed by atoms with Gasteiger partial charge in [0.1, 0.15) is 5.82 Å². The topological polar surface area (TPSA) is 55.1 Å². The number of benzene rings is 2. The van der Waals surface area contributed by atoms with Crippen molar-refractivity contribution in [3.05, 3.63) is 59.4 Å². The molecule has 20 heavy (non-hydrogen) atoms. The molecule has 0 aliphatic carbocycles. The summed E-state index contributed by atoms with van der Waals surface area (Å²) in [5.74, 6) is -1.06. The Labute approximate surface area is 121 Å². The first kappa shape index (κ1) is 14.4. The smallest absolute Gasteiger partial charge is 0.248 e. The van der Waals surface area contributed by atoms with Gasteiger partial charge < -0.3 is 11.1 Å². The number of carbonyl (C=O) groups excluding carboxylic acids is 1. The average Bonchev–Trinajstić information content (AvgIpc) is 2.46. The zero-order valence-electron chi connectivity index (χ0n) is 11.0. The molecule has 0 bridgehead atoms. The molecule has 104 valence electrons. The normalized spacial score (nSPS) is 10.3. The van der Waals surface area contributed by atoms with Crippen molar-refractivity contribution in [1.29, 1.82) is 0 Å². The highest BCUT2D eigenvalue weighted by Gasteiger charge is 2.07. The molecule has 2 aromatic rings. The number of halogens is 1. The maximum Gasteiger partial charge on any atom is 0.248 e. The first-order valence-electron chi connectivity index (χ1n) is 6.06. The Kier molecular flexibility index (Phi) is 4.63. The number of nitrogens with one attached hydrogen (secondary N) is 1. The van der Waals surface area contributed by atoms with Gasteiger partial charge in [0.25, 0.3) is 0 Å². The van der Waals surface area contributed by atoms with Crippen LogP contribution in [0.1, 0.15) is 15.9 Å². The fraction of sp³-hybridized carbons (Fsp3) is 0.133. The summed E-state index contributed by atoms with van der Waals surface area (Å²) < 4.78 is 13.8. The molecule has 0 unspecified atom stereocenters. The molecule has 1 amide bonds. The van der Waals surface area contributed by atoms with Crippen molar-refractivity contribution >= 4 is 23.4 Å². The molecule has 2 rings (SSSR count). The van der Waals surface area contributed by atoms with Crippen LogP contribution in [0.4, 0.5) is 10.1 Å². The summed E-state index contributed by atoms with van der Waals surface area (Å²) >= 11 is 1.65. The summed E-state index contributed by atoms with van der Waals surface area (Å²) in [5, 5.41) is 3.16. The van der Waals surface area contributed by atoms with Crippen LogP contribution >= 0.6 is 11.8 Å². The Balaban J connectivity index is 2.08. The van der Waals surface area contributed by atoms with Crippen LogP contribution < -0.4 is 11.1 Å². The van der Waals surface area contributed by atoms with Crippen molar-refractivity contribution in [2.75, 3.05) is 11.6 Å². The van der Waals surface area contributed by atoms with E-state index in [1.54, 1.807) is 17.8 Å². The molecule has 0 aliphatic heterocycles. The van der Waals surface area contributed by atoms with Crippen LogP contribution in [-0.2, 0) is 6.54 Å². The molecule has 3 N–H and O–H groups in total. The molecule has 3 nitrogen and oxygen atoms in total. The number of thioether (sulfide) groups is 1. The third kappa shape index (κ3) is 3.51. The van der Waals surface area contributed by atoms with E-state index in [2.05, 4.69) is 5.32 Å². The predicted molar refractivity (Wildman–Crippen MR) is 80.5 cm³/mol. The molecule has 0 atom stereocenters. The molecule has 0 aliphatic rings. The van der Waals surface area contributed by atoms with Gasteiger partial charge in [0.2, 0.25) is 5.91 Å². The van der Waals surface area contributed by atoms with Gasteiger partial charge in [-0.05, 0) is 36.6 Å². The standard InChI is InChI=1S/C15H15FN2OS/c1-20-13-4-2-3-12(8-13)18-9-11-6-5-10(15(17)19)7-14(11)16/h2-8,18H,9H2,1H3,(H2,17,19). The van der Waals surface area contributed by atoms with E-state index < -0.39 is 11.7 Å². The molecule has 0 saturated carbocycles. The summed E-state index contributed by atoms with van der Waals surface area (Å²) in [4.78, 5) is 12.1. The van der Waals surface area contributed by atoms with Crippen LogP contribution in [0, 0.1) is 5.82 Å². The quantitative estimate of drug-likeness (QED) is 0.831. The second kappa shape index (κ2) is 6.43. The fourth-order valence-electron chi connectivity index (χ4n) is 1.77. The number of amides is 1. The molecule has 0 radical (unpaired) electrons. The van der Waals surface area contributed by atoms with Crippen LogP contribution in [0.3, 0.4) is 0 Å². The van der Waals surface area contributed by atoms with Crippen LogP contribution in [0.25, 0.3) is 0 Å². The minimum atomic E-state index is -0.629. The van der Waals surface area contributed by atoms with E-state index in [1.165, 1.54) is 6.07 Å². The monoisotopic (exact) mass is 290 g/mol. The zero-order valence-corrected chi connectivity index (χ0v) is 11.8. The lowest BCUT2D eigenvalue weighted by molar-refractivity contribution is 0.1000. The molecule has 0 saturated heterocycles. The van der Waals surface area contributed by atoms with Gasteiger partial charge in [-0.15, -0.1) is 11.8 Å². The molecular formula is C15H15FN2OS. The van der Waals surface area contributed by atoms with Crippen LogP contribution in [0.5, 0.6) is 0 Å². The van der Waals surface area contributed by atoms with Gasteiger partial charge in [-0.25, -0.2) is 4.39 Å². The van der Waals surface area contributed by atoms with E-state index in [9.17, 15) is 9.18 Å². The summed E-state index contributed by atoms with van der Waals surface area (Å²) in [6.45, 7) is 0.350. The Morgan fingerprint density at radius 2 is 2.10 bits per heavy atom. The third-order valence-corrected chi connectivity index (χ3v) is 3.62. The third-order valence-electron chi connectivity index (χ3n) is 2.89. The Bertz CT molecular complexity index is 631. The highest BCUT2D eigenvalue weighted by Crippen LogP contribution is 2.20. The van der Waals surface area contributed by atoms with Crippen molar-refractivity contribution in [2.45, 2.75) is 11.4 Å². The maximum atomic E-state index is 13.8. The van der Waals surface area contributed by atoms with Gasteiger partial charge >= 0.3 is 0 Å². The van der Waals surface area contributed by atoms with Crippen molar-refractivity contribution in [3.8, 4) is 0 Å². The zero-order chi connectivity index (χ0) is 14.5. The summed E-state index contributed by atoms with van der Waals surface area (Å²) in [6, 6.07) is 12.1. The fourth-order valence-corrected chi connectivity index (χ4v) is 2.23. The van der Waals surface area contributed by atoms with Gasteiger partial charge in [-0.3, -0.25) is 4.79 Å². The van der Waals surface area contributed by atoms with Crippen LogP contribution in [0.15, 0.2) is 47.4 Å². The highest BCUT2D eigenvalue weighted by molar-refractivity contribution is 7.98. The van der Waals surface area contributed by atoms with Crippen molar-refractivity contribution in [3.63, 3.8) is 0 Å². The molecule has 0 spiro atoms. The Hall–Kier alpha value is -2.01. The van der Waals surface area contributed by atoms with Gasteiger partial charge in [0.05, 0.1) is 0 Å². The molecule has 2 aromatic carbocycles. The number of rotatable bonds is 5. The molecular weight excluding hydrogens is 275 g/mol. The SMILES string of the molecule is CSc1cccc(NCc2ccc(C(N)=O)cc2F)c1. The second-order valence-corrected chi connectivity index (χ2v) is 5.14. The van der Waals surface area contributed by atoms with E-state index >= 15 is 0 Å². The van der Waals surface area contributed by atoms with E-state index in [1.807, 2.05) is 30.5 Å². The lowest BCUT2D eigenvalue weighted by Gasteiger charge is -2.09. The molecule has 5 heteroatoms. The van der Waals surface area contributed by atoms with Gasteiger partial charge in [-0.2, -0.15) is 0 Å². The summed E-state index contributed by atoms with van der Waals surface area (Å²) in [5.41, 5.74) is 6.70. The minimum absolute atomic E-state index is 0.177. The number of carbonyl (C=O) groups is 1. The second-order valence-electron chi connectivity index (χ2n) is 4.26. The lowest BCUT2D eigenvalue weighted by atomic mass is 10.1. The molecule has 0 heterocycles. The van der Waals surface area contributed by atoms with E-state index in [-0.39, 0.29) is 5.56 Å². The summed E-state index contributed by atoms with van der Waals surface area (Å²) in [7, 11) is 0. The number of hydrogen-bond donors (Lipinski definition) is 2. The Morgan fingerprint density at radius 1 is 1.30 bits per heavy atom. The van der Waals surface area contributed by atoms with Gasteiger partial charge in [0.15, 0.2) is 0 Å². The highest BCUT2D eigenvalue weighted by atomic mass is 32.2. The number of hydrogen-bond acceptors (Lipinski definition) is 3. The largest absolute Gasteiger partial charge is 0.381 e. The molecule has 0 fully saturated rings. The summed E-state index contributed by atoms with van der Waals surface area (Å²) in [6.07, 6.45) is 2.00. The van der Waals surface area contributed by atoms with Crippen molar-refractivity contribution < 1.29 is 9.18 Å². The van der Waals surface area contributed by atoms with E-state index in [4.69, 9.17) is 5.73 Å². The van der Waals surface area contributed by atoms with Crippen molar-refractivity contribution in [1.82, 2.24) is 0 Å². The van der Waals surface area contributed by atoms with Crippen LogP contribution in [-0.4, -0.2) is 12.2 Å². The average molecular weight is 290 g/mol. The molecule has 0 aromatic heterocycles. The Morgan fingerprint density at radius 3 is 2.75 bits per heavy atom. The van der Waals surface area contributed by atoms with Gasteiger partial charge in [0, 0.05) is 28.3 Å². The van der Waals surface area contributed by atoms with Crippen molar-refractivity contribution in [2.24, 2.45) is 5.73 Å². The van der Waals surface area contributed by atoms with Crippen LogP contribution in [0.2, 0.25) is 0 Å².